The molecule has 4 rings (SSSR count). The van der Waals surface area contributed by atoms with Crippen LogP contribution in [0.4, 0.5) is 5.82 Å². The zero-order valence-corrected chi connectivity index (χ0v) is 18.9. The first-order valence-corrected chi connectivity index (χ1v) is 12.2. The van der Waals surface area contributed by atoms with Crippen LogP contribution in [0.5, 0.6) is 0 Å². The number of piperazine rings is 1. The molecule has 1 saturated heterocycles. The number of benzene rings is 1. The van der Waals surface area contributed by atoms with Gasteiger partial charge in [0.15, 0.2) is 0 Å². The van der Waals surface area contributed by atoms with E-state index in [0.29, 0.717) is 29.8 Å². The number of halogens is 1. The third-order valence-corrected chi connectivity index (χ3v) is 7.20. The minimum atomic E-state index is -3.99. The average Bonchev–Trinajstić information content (AvgIpc) is 3.07. The van der Waals surface area contributed by atoms with Crippen molar-refractivity contribution >= 4 is 33.3 Å². The Hall–Kier alpha value is -2.71. The van der Waals surface area contributed by atoms with Crippen LogP contribution in [0.3, 0.4) is 0 Å². The third-order valence-electron chi connectivity index (χ3n) is 5.82. The Morgan fingerprint density at radius 1 is 1.19 bits per heavy atom. The smallest absolute Gasteiger partial charge is 0.254 e. The number of anilines is 1. The molecular weight excluding hydrogens is 452 g/mol. The molecule has 0 spiro atoms. The maximum absolute atomic E-state index is 12.7. The second-order valence-electron chi connectivity index (χ2n) is 7.88. The Morgan fingerprint density at radius 2 is 1.94 bits per heavy atom. The van der Waals surface area contributed by atoms with E-state index >= 15 is 0 Å². The van der Waals surface area contributed by atoms with Gasteiger partial charge < -0.3 is 9.80 Å². The number of fused-ring (bicyclic) bond motifs is 1. The number of nitriles is 1. The predicted molar refractivity (Wildman–Crippen MR) is 120 cm³/mol. The first kappa shape index (κ1) is 22.5. The summed E-state index contributed by atoms with van der Waals surface area (Å²) in [7, 11) is -3.99. The fraction of sp³-hybridized carbons (Fsp3) is 0.381. The van der Waals surface area contributed by atoms with E-state index in [9.17, 15) is 18.5 Å². The molecule has 1 aromatic carbocycles. The Balaban J connectivity index is 1.29. The molecule has 0 bridgehead atoms. The normalized spacial score (nSPS) is 16.8. The van der Waals surface area contributed by atoms with E-state index in [2.05, 4.69) is 20.9 Å². The van der Waals surface area contributed by atoms with E-state index in [1.165, 1.54) is 12.1 Å². The van der Waals surface area contributed by atoms with Crippen molar-refractivity contribution in [1.29, 1.82) is 5.26 Å². The van der Waals surface area contributed by atoms with E-state index in [0.717, 1.165) is 45.0 Å². The molecule has 3 heterocycles. The van der Waals surface area contributed by atoms with Gasteiger partial charge in [-0.25, -0.2) is 18.5 Å². The lowest BCUT2D eigenvalue weighted by molar-refractivity contribution is 0.0770. The minimum absolute atomic E-state index is 0.0335. The zero-order chi connectivity index (χ0) is 22.9. The van der Waals surface area contributed by atoms with Crippen molar-refractivity contribution < 1.29 is 13.2 Å². The number of primary sulfonamides is 1. The first-order valence-electron chi connectivity index (χ1n) is 10.2. The summed E-state index contributed by atoms with van der Waals surface area (Å²) < 4.78 is 23.4. The maximum Gasteiger partial charge on any atom is 0.254 e. The van der Waals surface area contributed by atoms with Crippen molar-refractivity contribution in [3.8, 4) is 6.07 Å². The van der Waals surface area contributed by atoms with Gasteiger partial charge in [0.2, 0.25) is 10.0 Å². The number of nitrogens with two attached hydrogens (primary N) is 1. The molecule has 2 N–H and O–H groups in total. The number of carbonyl (C=O) groups is 1. The summed E-state index contributed by atoms with van der Waals surface area (Å²) >= 11 is 6.05. The molecule has 168 valence electrons. The Morgan fingerprint density at radius 3 is 2.62 bits per heavy atom. The van der Waals surface area contributed by atoms with Crippen molar-refractivity contribution in [2.24, 2.45) is 5.14 Å². The summed E-state index contributed by atoms with van der Waals surface area (Å²) in [6, 6.07) is 8.53. The van der Waals surface area contributed by atoms with Gasteiger partial charge in [-0.1, -0.05) is 11.6 Å². The Bertz CT molecular complexity index is 1190. The first-order chi connectivity index (χ1) is 15.3. The highest BCUT2D eigenvalue weighted by molar-refractivity contribution is 7.89. The summed E-state index contributed by atoms with van der Waals surface area (Å²) in [6.45, 7) is 5.08. The summed E-state index contributed by atoms with van der Waals surface area (Å²) in [5, 5.41) is 14.5. The second-order valence-corrected chi connectivity index (χ2v) is 9.82. The van der Waals surface area contributed by atoms with Gasteiger partial charge in [0.25, 0.3) is 5.91 Å². The number of nitrogens with zero attached hydrogens (tertiary/aromatic N) is 5. The quantitative estimate of drug-likeness (QED) is 0.671. The average molecular weight is 475 g/mol. The number of aromatic nitrogens is 1. The van der Waals surface area contributed by atoms with Crippen LogP contribution in [0.2, 0.25) is 5.02 Å². The van der Waals surface area contributed by atoms with Crippen molar-refractivity contribution in [2.75, 3.05) is 44.2 Å². The lowest BCUT2D eigenvalue weighted by Crippen LogP contribution is -2.47. The molecule has 32 heavy (non-hydrogen) atoms. The van der Waals surface area contributed by atoms with Gasteiger partial charge in [0, 0.05) is 51.0 Å². The molecular formula is C21H23ClN6O3S. The number of pyridine rings is 1. The van der Waals surface area contributed by atoms with Gasteiger partial charge in [-0.3, -0.25) is 9.69 Å². The van der Waals surface area contributed by atoms with Crippen molar-refractivity contribution in [2.45, 2.75) is 17.9 Å². The lowest BCUT2D eigenvalue weighted by atomic mass is 10.1. The molecule has 0 atom stereocenters. The Kier molecular flexibility index (Phi) is 6.35. The monoisotopic (exact) mass is 474 g/mol. The summed E-state index contributed by atoms with van der Waals surface area (Å²) in [5.74, 6) is 0.526. The van der Waals surface area contributed by atoms with Crippen molar-refractivity contribution in [3.05, 3.63) is 52.2 Å². The van der Waals surface area contributed by atoms with Crippen LogP contribution in [0, 0.1) is 11.3 Å². The van der Waals surface area contributed by atoms with Crippen LogP contribution in [0.15, 0.2) is 35.4 Å². The zero-order valence-electron chi connectivity index (χ0n) is 17.4. The molecule has 2 aliphatic rings. The van der Waals surface area contributed by atoms with Gasteiger partial charge in [-0.2, -0.15) is 5.26 Å². The fourth-order valence-corrected chi connectivity index (χ4v) is 5.30. The number of rotatable bonds is 6. The molecule has 0 unspecified atom stereocenters. The standard InChI is InChI=1S/C21H23ClN6O3S/c22-18-11-16-14-28(21(29)17(16)12-19(18)32(24,30)31)6-2-5-26-7-9-27(10-8-26)20-15(13-23)3-1-4-25-20/h1,3-4,11-12H,2,5-10,14H2,(H2,24,30,31). The van der Waals surface area contributed by atoms with Crippen LogP contribution >= 0.6 is 11.6 Å². The second kappa shape index (κ2) is 9.03. The van der Waals surface area contributed by atoms with E-state index in [-0.39, 0.29) is 15.8 Å². The lowest BCUT2D eigenvalue weighted by Gasteiger charge is -2.35. The van der Waals surface area contributed by atoms with E-state index in [4.69, 9.17) is 16.7 Å². The molecule has 0 radical (unpaired) electrons. The highest BCUT2D eigenvalue weighted by atomic mass is 35.5. The number of sulfonamides is 1. The van der Waals surface area contributed by atoms with Gasteiger partial charge in [0.05, 0.1) is 10.6 Å². The highest BCUT2D eigenvalue weighted by Gasteiger charge is 2.30. The Labute approximate surface area is 192 Å². The highest BCUT2D eigenvalue weighted by Crippen LogP contribution is 2.30. The van der Waals surface area contributed by atoms with Gasteiger partial charge in [-0.05, 0) is 42.8 Å². The molecule has 1 fully saturated rings. The molecule has 1 amide bonds. The molecule has 2 aliphatic heterocycles. The number of hydrogen-bond acceptors (Lipinski definition) is 7. The van der Waals surface area contributed by atoms with Crippen LogP contribution in [-0.4, -0.2) is 68.4 Å². The summed E-state index contributed by atoms with van der Waals surface area (Å²) in [6.07, 6.45) is 2.50. The molecule has 11 heteroatoms. The van der Waals surface area contributed by atoms with E-state index in [1.54, 1.807) is 23.2 Å². The van der Waals surface area contributed by atoms with Crippen LogP contribution in [-0.2, 0) is 16.6 Å². The largest absolute Gasteiger partial charge is 0.353 e. The number of carbonyl (C=O) groups excluding carboxylic acids is 1. The van der Waals surface area contributed by atoms with Crippen LogP contribution in [0.25, 0.3) is 0 Å². The molecule has 9 nitrogen and oxygen atoms in total. The summed E-state index contributed by atoms with van der Waals surface area (Å²) in [4.78, 5) is 23.0. The molecule has 0 aliphatic carbocycles. The SMILES string of the molecule is N#Cc1cccnc1N1CCN(CCCN2Cc3cc(Cl)c(S(N)(=O)=O)cc3C2=O)CC1. The molecule has 2 aromatic rings. The summed E-state index contributed by atoms with van der Waals surface area (Å²) in [5.41, 5.74) is 1.64. The molecule has 1 aromatic heterocycles. The van der Waals surface area contributed by atoms with Gasteiger partial charge in [-0.15, -0.1) is 0 Å². The molecule has 0 saturated carbocycles. The van der Waals surface area contributed by atoms with E-state index in [1.807, 2.05) is 0 Å². The van der Waals surface area contributed by atoms with E-state index < -0.39 is 10.0 Å². The van der Waals surface area contributed by atoms with Crippen molar-refractivity contribution in [3.63, 3.8) is 0 Å². The van der Waals surface area contributed by atoms with Crippen LogP contribution in [0.1, 0.15) is 27.9 Å². The van der Waals surface area contributed by atoms with Crippen LogP contribution < -0.4 is 10.0 Å². The number of amides is 1. The van der Waals surface area contributed by atoms with Gasteiger partial charge >= 0.3 is 0 Å². The maximum atomic E-state index is 12.7. The third kappa shape index (κ3) is 4.56. The van der Waals surface area contributed by atoms with Crippen molar-refractivity contribution in [1.82, 2.24) is 14.8 Å². The number of hydrogen-bond donors (Lipinski definition) is 1. The van der Waals surface area contributed by atoms with Gasteiger partial charge in [0.1, 0.15) is 16.8 Å². The minimum Gasteiger partial charge on any atom is -0.353 e. The fourth-order valence-electron chi connectivity index (χ4n) is 4.18. The predicted octanol–water partition coefficient (Wildman–Crippen LogP) is 1.42. The topological polar surface area (TPSA) is 124 Å².